The number of anilines is 4. The van der Waals surface area contributed by atoms with Crippen molar-refractivity contribution in [3.63, 3.8) is 0 Å². The minimum atomic E-state index is -1.24. The normalized spacial score (nSPS) is 15.1. The molecule has 1 aromatic heterocycles. The van der Waals surface area contributed by atoms with Gasteiger partial charge in [0, 0.05) is 11.1 Å². The van der Waals surface area contributed by atoms with Crippen molar-refractivity contribution in [2.75, 3.05) is 22.5 Å². The molecule has 2 heterocycles. The predicted octanol–water partition coefficient (Wildman–Crippen LogP) is 0.920. The first-order valence-corrected chi connectivity index (χ1v) is 7.11. The Kier molecular flexibility index (Phi) is 3.90. The van der Waals surface area contributed by atoms with E-state index in [4.69, 9.17) is 22.5 Å². The Bertz CT molecular complexity index is 1030. The lowest BCUT2D eigenvalue weighted by molar-refractivity contribution is 0.510. The van der Waals surface area contributed by atoms with Gasteiger partial charge in [-0.3, -0.25) is 5.32 Å². The lowest BCUT2D eigenvalue weighted by Gasteiger charge is -2.27. The molecule has 1 unspecified atom stereocenters. The molecule has 1 aliphatic rings. The third kappa shape index (κ3) is 2.44. The van der Waals surface area contributed by atoms with Crippen molar-refractivity contribution < 1.29 is 8.78 Å². The van der Waals surface area contributed by atoms with Crippen LogP contribution >= 0.6 is 0 Å². The van der Waals surface area contributed by atoms with Crippen LogP contribution in [-0.2, 0) is 0 Å². The Morgan fingerprint density at radius 2 is 1.88 bits per heavy atom. The molecule has 9 nitrogen and oxygen atoms in total. The zero-order chi connectivity index (χ0) is 19.0. The van der Waals surface area contributed by atoms with Crippen LogP contribution in [0.3, 0.4) is 0 Å². The van der Waals surface area contributed by atoms with Crippen LogP contribution in [0, 0.1) is 34.4 Å². The maximum atomic E-state index is 13.9. The minimum absolute atomic E-state index is 0.0230. The second-order valence-corrected chi connectivity index (χ2v) is 5.27. The summed E-state index contributed by atoms with van der Waals surface area (Å²) in [7, 11) is 0. The average molecular weight is 355 g/mol. The number of aliphatic imine (C=N–C) groups is 1. The SMILES string of the molecule is N#CNC1=NC(c2ccc(F)c(F)c2N)c2c(nc(N)c(C#N)c2N)N1. The fourth-order valence-corrected chi connectivity index (χ4v) is 2.63. The summed E-state index contributed by atoms with van der Waals surface area (Å²) in [6.45, 7) is 0. The molecule has 11 heteroatoms. The molecule has 0 bridgehead atoms. The second kappa shape index (κ2) is 6.07. The highest BCUT2D eigenvalue weighted by atomic mass is 19.2. The van der Waals surface area contributed by atoms with Crippen molar-refractivity contribution >= 4 is 29.0 Å². The molecule has 0 radical (unpaired) electrons. The number of fused-ring (bicyclic) bond motifs is 1. The first kappa shape index (κ1) is 16.7. The summed E-state index contributed by atoms with van der Waals surface area (Å²) < 4.78 is 27.3. The number of pyridine rings is 1. The van der Waals surface area contributed by atoms with Gasteiger partial charge in [-0.05, 0) is 6.07 Å². The summed E-state index contributed by atoms with van der Waals surface area (Å²) in [5, 5.41) is 23.0. The van der Waals surface area contributed by atoms with E-state index < -0.39 is 23.4 Å². The predicted molar refractivity (Wildman–Crippen MR) is 90.2 cm³/mol. The van der Waals surface area contributed by atoms with Crippen LogP contribution in [-0.4, -0.2) is 10.9 Å². The third-order valence-electron chi connectivity index (χ3n) is 3.82. The molecule has 1 aromatic carbocycles. The highest BCUT2D eigenvalue weighted by Gasteiger charge is 2.31. The molecule has 1 aliphatic heterocycles. The number of hydrogen-bond donors (Lipinski definition) is 5. The molecule has 1 atom stereocenters. The van der Waals surface area contributed by atoms with Gasteiger partial charge in [-0.1, -0.05) is 6.07 Å². The van der Waals surface area contributed by atoms with Gasteiger partial charge in [0.05, 0.1) is 11.4 Å². The molecule has 26 heavy (non-hydrogen) atoms. The first-order valence-electron chi connectivity index (χ1n) is 7.11. The van der Waals surface area contributed by atoms with E-state index in [1.807, 2.05) is 6.07 Å². The van der Waals surface area contributed by atoms with Gasteiger partial charge in [0.25, 0.3) is 0 Å². The van der Waals surface area contributed by atoms with Gasteiger partial charge >= 0.3 is 0 Å². The quantitative estimate of drug-likeness (QED) is 0.285. The van der Waals surface area contributed by atoms with E-state index in [1.54, 1.807) is 6.19 Å². The van der Waals surface area contributed by atoms with E-state index in [2.05, 4.69) is 20.6 Å². The third-order valence-corrected chi connectivity index (χ3v) is 3.82. The molecule has 130 valence electrons. The Hall–Kier alpha value is -4.12. The molecular weight excluding hydrogens is 344 g/mol. The minimum Gasteiger partial charge on any atom is -0.397 e. The van der Waals surface area contributed by atoms with E-state index in [0.29, 0.717) is 0 Å². The number of aromatic nitrogens is 1. The number of nitriles is 2. The highest BCUT2D eigenvalue weighted by molar-refractivity contribution is 5.98. The summed E-state index contributed by atoms with van der Waals surface area (Å²) in [5.74, 6) is -2.41. The number of benzene rings is 1. The van der Waals surface area contributed by atoms with Crippen LogP contribution in [0.4, 0.5) is 31.8 Å². The number of nitrogens with zero attached hydrogens (tertiary/aromatic N) is 4. The molecule has 2 aromatic rings. The van der Waals surface area contributed by atoms with E-state index >= 15 is 0 Å². The van der Waals surface area contributed by atoms with Crippen LogP contribution in [0.1, 0.15) is 22.7 Å². The maximum absolute atomic E-state index is 13.9. The molecule has 0 amide bonds. The van der Waals surface area contributed by atoms with Crippen molar-refractivity contribution in [2.45, 2.75) is 6.04 Å². The Balaban J connectivity index is 2.31. The highest BCUT2D eigenvalue weighted by Crippen LogP contribution is 2.42. The average Bonchev–Trinajstić information content (AvgIpc) is 2.59. The number of rotatable bonds is 1. The number of nitrogens with one attached hydrogen (secondary N) is 2. The van der Waals surface area contributed by atoms with E-state index in [0.717, 1.165) is 6.07 Å². The van der Waals surface area contributed by atoms with Crippen molar-refractivity contribution in [1.29, 1.82) is 10.5 Å². The van der Waals surface area contributed by atoms with Gasteiger partial charge in [0.15, 0.2) is 17.8 Å². The number of hydrogen-bond acceptors (Lipinski definition) is 9. The van der Waals surface area contributed by atoms with Crippen molar-refractivity contribution in [1.82, 2.24) is 10.3 Å². The van der Waals surface area contributed by atoms with Crippen LogP contribution in [0.5, 0.6) is 0 Å². The van der Waals surface area contributed by atoms with Crippen molar-refractivity contribution in [3.8, 4) is 12.3 Å². The number of halogens is 2. The lowest BCUT2D eigenvalue weighted by Crippen LogP contribution is -2.33. The molecule has 3 rings (SSSR count). The largest absolute Gasteiger partial charge is 0.397 e. The number of guanidine groups is 1. The van der Waals surface area contributed by atoms with Gasteiger partial charge in [-0.2, -0.15) is 10.5 Å². The molecular formula is C15H11F2N9. The standard InChI is InChI=1S/C15H11F2N9/c16-7-2-1-5(11(21)9(7)17)12-8-10(20)6(3-18)13(22)25-14(8)26-15(24-12)23-4-19/h1-2,12H,21H2,(H6,20,22,23,24,25,26). The Morgan fingerprint density at radius 3 is 2.54 bits per heavy atom. The van der Waals surface area contributed by atoms with Gasteiger partial charge in [0.1, 0.15) is 29.3 Å². The van der Waals surface area contributed by atoms with E-state index in [9.17, 15) is 14.0 Å². The summed E-state index contributed by atoms with van der Waals surface area (Å²) in [6.07, 6.45) is 1.68. The zero-order valence-corrected chi connectivity index (χ0v) is 13.0. The van der Waals surface area contributed by atoms with Crippen molar-refractivity contribution in [2.24, 2.45) is 4.99 Å². The second-order valence-electron chi connectivity index (χ2n) is 5.27. The molecule has 0 fully saturated rings. The van der Waals surface area contributed by atoms with Crippen LogP contribution in [0.25, 0.3) is 0 Å². The molecule has 0 saturated carbocycles. The first-order chi connectivity index (χ1) is 12.4. The number of nitrogens with two attached hydrogens (primary N) is 3. The van der Waals surface area contributed by atoms with E-state index in [1.165, 1.54) is 6.07 Å². The van der Waals surface area contributed by atoms with Gasteiger partial charge < -0.3 is 22.5 Å². The fraction of sp³-hybridized carbons (Fsp3) is 0.0667. The smallest absolute Gasteiger partial charge is 0.211 e. The topological polar surface area (TPSA) is 175 Å². The molecule has 0 aliphatic carbocycles. The molecule has 0 spiro atoms. The summed E-state index contributed by atoms with van der Waals surface area (Å²) in [4.78, 5) is 8.26. The maximum Gasteiger partial charge on any atom is 0.211 e. The van der Waals surface area contributed by atoms with Crippen LogP contribution in [0.2, 0.25) is 0 Å². The number of nitrogen functional groups attached to an aromatic ring is 3. The van der Waals surface area contributed by atoms with Gasteiger partial charge in [0.2, 0.25) is 5.96 Å². The van der Waals surface area contributed by atoms with Crippen molar-refractivity contribution in [3.05, 3.63) is 40.5 Å². The molecule has 8 N–H and O–H groups in total. The summed E-state index contributed by atoms with van der Waals surface area (Å²) >= 11 is 0. The zero-order valence-electron chi connectivity index (χ0n) is 13.0. The van der Waals surface area contributed by atoms with Crippen LogP contribution in [0.15, 0.2) is 17.1 Å². The van der Waals surface area contributed by atoms with Gasteiger partial charge in [-0.25, -0.2) is 18.8 Å². The monoisotopic (exact) mass is 355 g/mol. The summed E-state index contributed by atoms with van der Waals surface area (Å²) in [5.41, 5.74) is 17.2. The van der Waals surface area contributed by atoms with Gasteiger partial charge in [-0.15, -0.1) is 0 Å². The molecule has 0 saturated heterocycles. The Morgan fingerprint density at radius 1 is 1.15 bits per heavy atom. The van der Waals surface area contributed by atoms with E-state index in [-0.39, 0.29) is 40.0 Å². The van der Waals surface area contributed by atoms with Crippen LogP contribution < -0.4 is 27.8 Å². The fourth-order valence-electron chi connectivity index (χ4n) is 2.63. The Labute approximate surface area is 145 Å². The lowest BCUT2D eigenvalue weighted by atomic mass is 9.94. The summed E-state index contributed by atoms with van der Waals surface area (Å²) in [6, 6.07) is 2.92.